The van der Waals surface area contributed by atoms with Crippen molar-refractivity contribution in [2.45, 2.75) is 0 Å². The second kappa shape index (κ2) is 19.8. The van der Waals surface area contributed by atoms with Gasteiger partial charge in [0.25, 0.3) is 0 Å². The Morgan fingerprint density at radius 3 is 0.750 bits per heavy atom. The Kier molecular flexibility index (Phi) is 184. The van der Waals surface area contributed by atoms with Crippen LogP contribution in [0, 0.1) is 0 Å². The molecule has 3 radical (unpaired) electrons. The van der Waals surface area contributed by atoms with E-state index in [2.05, 4.69) is 0 Å². The second-order valence-electron chi connectivity index (χ2n) is 0. The van der Waals surface area contributed by atoms with Crippen molar-refractivity contribution < 1.29 is 44.9 Å². The molecule has 0 fully saturated rings. The van der Waals surface area contributed by atoms with Crippen molar-refractivity contribution in [3.8, 4) is 0 Å². The molecule has 0 aromatic rings. The Morgan fingerprint density at radius 2 is 0.750 bits per heavy atom. The SMILES string of the molecule is [Cl-].[Cl-].[Sn+2].[Tc]. The molecule has 0 rings (SSSR count). The van der Waals surface area contributed by atoms with Crippen molar-refractivity contribution in [1.29, 1.82) is 0 Å². The van der Waals surface area contributed by atoms with Gasteiger partial charge in [-0.25, -0.2) is 0 Å². The van der Waals surface area contributed by atoms with Gasteiger partial charge in [-0.1, -0.05) is 0 Å². The van der Waals surface area contributed by atoms with Crippen LogP contribution in [-0.4, -0.2) is 23.9 Å². The van der Waals surface area contributed by atoms with E-state index in [-0.39, 0.29) is 68.8 Å². The van der Waals surface area contributed by atoms with Gasteiger partial charge in [0.1, 0.15) is 0 Å². The normalized spacial score (nSPS) is 0. The molecule has 4 heavy (non-hydrogen) atoms. The maximum Gasteiger partial charge on any atom is 2.00 e. The molecule has 4 heteroatoms. The Morgan fingerprint density at radius 1 is 0.750 bits per heavy atom. The van der Waals surface area contributed by atoms with Gasteiger partial charge in [-0.2, -0.15) is 0 Å². The summed E-state index contributed by atoms with van der Waals surface area (Å²) in [4.78, 5) is 0. The summed E-state index contributed by atoms with van der Waals surface area (Å²) in [5, 5.41) is 0. The minimum Gasteiger partial charge on any atom is -1.00 e. The molecule has 0 spiro atoms. The van der Waals surface area contributed by atoms with Crippen LogP contribution in [0.3, 0.4) is 0 Å². The van der Waals surface area contributed by atoms with E-state index in [4.69, 9.17) is 0 Å². The van der Waals surface area contributed by atoms with Crippen molar-refractivity contribution in [3.05, 3.63) is 0 Å². The molecule has 0 atom stereocenters. The van der Waals surface area contributed by atoms with Gasteiger partial charge < -0.3 is 24.8 Å². The molecule has 0 heterocycles. The monoisotopic (exact) mass is 287 g/mol. The molecule has 0 unspecified atom stereocenters. The Balaban J connectivity index is 0. The molecule has 0 saturated carbocycles. The Labute approximate surface area is 68.2 Å². The van der Waals surface area contributed by atoms with Gasteiger partial charge in [0.2, 0.25) is 0 Å². The number of rotatable bonds is 0. The molecule has 0 aliphatic rings. The van der Waals surface area contributed by atoms with Crippen LogP contribution in [0.2, 0.25) is 0 Å². The number of hydrogen-bond acceptors (Lipinski definition) is 0. The van der Waals surface area contributed by atoms with Gasteiger partial charge in [0.15, 0.2) is 0 Å². The predicted molar refractivity (Wildman–Crippen MR) is 5.75 cm³/mol. The van der Waals surface area contributed by atoms with E-state index in [0.29, 0.717) is 0 Å². The van der Waals surface area contributed by atoms with Crippen LogP contribution in [0.1, 0.15) is 0 Å². The summed E-state index contributed by atoms with van der Waals surface area (Å²) >= 11 is 0. The van der Waals surface area contributed by atoms with Crippen LogP contribution in [0.4, 0.5) is 0 Å². The molecular formula is Cl2SnTc. The minimum absolute atomic E-state index is 0. The van der Waals surface area contributed by atoms with E-state index in [1.807, 2.05) is 0 Å². The second-order valence-corrected chi connectivity index (χ2v) is 0. The molecule has 25 valence electrons. The van der Waals surface area contributed by atoms with E-state index in [0.717, 1.165) is 0 Å². The van der Waals surface area contributed by atoms with E-state index in [9.17, 15) is 0 Å². The van der Waals surface area contributed by atoms with Gasteiger partial charge >= 0.3 is 23.9 Å². The van der Waals surface area contributed by atoms with Crippen molar-refractivity contribution in [2.75, 3.05) is 0 Å². The summed E-state index contributed by atoms with van der Waals surface area (Å²) in [5.41, 5.74) is 0. The molecule has 0 N–H and O–H groups in total. The van der Waals surface area contributed by atoms with Gasteiger partial charge in [-0.15, -0.1) is 0 Å². The van der Waals surface area contributed by atoms with E-state index in [1.54, 1.807) is 0 Å². The van der Waals surface area contributed by atoms with E-state index >= 15 is 0 Å². The third kappa shape index (κ3) is 8.98. The zero-order chi connectivity index (χ0) is 0. The maximum absolute atomic E-state index is 0. The molecule has 0 amide bonds. The fourth-order valence-corrected chi connectivity index (χ4v) is 0. The molecule has 0 aliphatic carbocycles. The first-order valence-electron chi connectivity index (χ1n) is 0. The topological polar surface area (TPSA) is 0 Å². The third-order valence-corrected chi connectivity index (χ3v) is 0. The van der Waals surface area contributed by atoms with Gasteiger partial charge in [0.05, 0.1) is 0 Å². The first kappa shape index (κ1) is 37.1. The summed E-state index contributed by atoms with van der Waals surface area (Å²) in [6.45, 7) is 0. The quantitative estimate of drug-likeness (QED) is 0.389. The standard InChI is InChI=1S/2ClH.Sn.Tc/h2*1H;;/q;;+2;/p-2. The summed E-state index contributed by atoms with van der Waals surface area (Å²) in [5.74, 6) is 0. The van der Waals surface area contributed by atoms with Crippen LogP contribution in [0.25, 0.3) is 0 Å². The first-order valence-corrected chi connectivity index (χ1v) is 0. The maximum atomic E-state index is 0. The van der Waals surface area contributed by atoms with Gasteiger partial charge in [0, 0.05) is 20.1 Å². The predicted octanol–water partition coefficient (Wildman–Crippen LogP) is -6.38. The van der Waals surface area contributed by atoms with Gasteiger partial charge in [-0.3, -0.25) is 0 Å². The molecule has 0 nitrogen and oxygen atoms in total. The van der Waals surface area contributed by atoms with Gasteiger partial charge in [-0.05, 0) is 0 Å². The summed E-state index contributed by atoms with van der Waals surface area (Å²) in [6.07, 6.45) is 0. The average Bonchev–Trinajstić information content (AvgIpc) is 0. The molecular weight excluding hydrogens is 288 g/mol. The zero-order valence-corrected chi connectivity index (χ0v) is 7.86. The third-order valence-electron chi connectivity index (χ3n) is 0. The van der Waals surface area contributed by atoms with Crippen LogP contribution >= 0.6 is 0 Å². The van der Waals surface area contributed by atoms with Crippen LogP contribution < -0.4 is 24.8 Å². The Bertz CT molecular complexity index is 6.00. The zero-order valence-electron chi connectivity index (χ0n) is 1.63. The largest absolute Gasteiger partial charge is 2.00 e. The van der Waals surface area contributed by atoms with E-state index < -0.39 is 0 Å². The van der Waals surface area contributed by atoms with Crippen molar-refractivity contribution in [3.63, 3.8) is 0 Å². The van der Waals surface area contributed by atoms with Crippen LogP contribution in [-0.2, 0) is 20.1 Å². The smallest absolute Gasteiger partial charge is 1.00 e. The Hall–Kier alpha value is 2.03. The van der Waals surface area contributed by atoms with Crippen LogP contribution in [0.5, 0.6) is 0 Å². The van der Waals surface area contributed by atoms with Crippen molar-refractivity contribution in [2.24, 2.45) is 0 Å². The fraction of sp³-hybridized carbons (Fsp3) is 0. The first-order chi connectivity index (χ1) is 0. The molecule has 0 bridgehead atoms. The number of halogens is 2. The average molecular weight is 288 g/mol. The number of hydrogen-bond donors (Lipinski definition) is 0. The molecule has 0 aromatic heterocycles. The summed E-state index contributed by atoms with van der Waals surface area (Å²) < 4.78 is 0. The fourth-order valence-electron chi connectivity index (χ4n) is 0. The molecule has 0 aliphatic heterocycles. The minimum atomic E-state index is 0. The summed E-state index contributed by atoms with van der Waals surface area (Å²) in [7, 11) is 0. The molecule has 0 saturated heterocycles. The van der Waals surface area contributed by atoms with Crippen LogP contribution in [0.15, 0.2) is 0 Å². The summed E-state index contributed by atoms with van der Waals surface area (Å²) in [6, 6.07) is 0. The van der Waals surface area contributed by atoms with E-state index in [1.165, 1.54) is 0 Å². The van der Waals surface area contributed by atoms with Crippen molar-refractivity contribution in [1.82, 2.24) is 0 Å². The molecule has 0 aromatic carbocycles. The van der Waals surface area contributed by atoms with Crippen molar-refractivity contribution >= 4 is 23.9 Å².